The van der Waals surface area contributed by atoms with Gasteiger partial charge in [-0.1, -0.05) is 30.1 Å². The second-order valence-corrected chi connectivity index (χ2v) is 6.24. The Morgan fingerprint density at radius 1 is 1.32 bits per heavy atom. The van der Waals surface area contributed by atoms with Crippen LogP contribution in [0.25, 0.3) is 0 Å². The predicted octanol–water partition coefficient (Wildman–Crippen LogP) is 2.26. The molecule has 0 aliphatic rings. The van der Waals surface area contributed by atoms with Crippen molar-refractivity contribution in [1.82, 2.24) is 5.32 Å². The topological polar surface area (TPSA) is 119 Å². The second-order valence-electron chi connectivity index (χ2n) is 5.14. The number of hydrogen-bond donors (Lipinski definition) is 2. The molecule has 2 atom stereocenters. The number of rotatable bonds is 9. The number of nitrogens with one attached hydrogen (secondary N) is 1. The molecule has 0 unspecified atom stereocenters. The lowest BCUT2D eigenvalue weighted by atomic mass is 10.0. The van der Waals surface area contributed by atoms with E-state index >= 15 is 0 Å². The van der Waals surface area contributed by atoms with Gasteiger partial charge in [-0.2, -0.15) is 0 Å². The molecule has 8 nitrogen and oxygen atoms in total. The van der Waals surface area contributed by atoms with Gasteiger partial charge in [0.15, 0.2) is 4.84 Å². The Morgan fingerprint density at radius 2 is 1.92 bits per heavy atom. The van der Waals surface area contributed by atoms with Crippen molar-refractivity contribution < 1.29 is 24.4 Å². The first-order valence-corrected chi connectivity index (χ1v) is 8.30. The zero-order valence-corrected chi connectivity index (χ0v) is 14.9. The normalized spacial score (nSPS) is 13.2. The van der Waals surface area contributed by atoms with Gasteiger partial charge in [0.05, 0.1) is 11.0 Å². The summed E-state index contributed by atoms with van der Waals surface area (Å²) in [5.74, 6) is -1.24. The maximum atomic E-state index is 11.7. The van der Waals surface area contributed by atoms with Gasteiger partial charge in [-0.25, -0.2) is 0 Å². The van der Waals surface area contributed by atoms with Gasteiger partial charge in [-0.3, -0.25) is 19.7 Å². The summed E-state index contributed by atoms with van der Waals surface area (Å²) in [6.07, 6.45) is -0.500. The van der Waals surface area contributed by atoms with Crippen LogP contribution in [0.15, 0.2) is 24.3 Å². The van der Waals surface area contributed by atoms with E-state index < -0.39 is 33.8 Å². The molecule has 0 aliphatic heterocycles. The van der Waals surface area contributed by atoms with Gasteiger partial charge in [0.2, 0.25) is 0 Å². The molecule has 25 heavy (non-hydrogen) atoms. The summed E-state index contributed by atoms with van der Waals surface area (Å²) in [6, 6.07) is 4.09. The number of nitro groups is 1. The molecular weight excluding hydrogens is 375 g/mol. The molecule has 0 bridgehead atoms. The number of benzene rings is 1. The molecule has 0 saturated carbocycles. The zero-order valence-electron chi connectivity index (χ0n) is 13.4. The van der Waals surface area contributed by atoms with Crippen molar-refractivity contribution in [2.45, 2.75) is 36.7 Å². The Balaban J connectivity index is 2.89. The molecule has 0 heterocycles. The van der Waals surface area contributed by atoms with E-state index in [-0.39, 0.29) is 18.7 Å². The summed E-state index contributed by atoms with van der Waals surface area (Å²) < 4.78 is 5.02. The van der Waals surface area contributed by atoms with E-state index in [9.17, 15) is 24.8 Å². The number of hydrogen-bond acceptors (Lipinski definition) is 6. The third kappa shape index (κ3) is 6.85. The lowest BCUT2D eigenvalue weighted by Crippen LogP contribution is -2.45. The molecule has 2 N–H and O–H groups in total. The van der Waals surface area contributed by atoms with Crippen molar-refractivity contribution in [2.24, 2.45) is 0 Å². The van der Waals surface area contributed by atoms with E-state index in [1.807, 2.05) is 0 Å². The first-order chi connectivity index (χ1) is 11.8. The third-order valence-electron chi connectivity index (χ3n) is 3.23. The van der Waals surface area contributed by atoms with Gasteiger partial charge in [0.25, 0.3) is 11.6 Å². The van der Waals surface area contributed by atoms with Gasteiger partial charge in [0.1, 0.15) is 12.7 Å². The summed E-state index contributed by atoms with van der Waals surface area (Å²) in [7, 11) is 0. The van der Waals surface area contributed by atoms with Crippen LogP contribution in [0.3, 0.4) is 0 Å². The number of amides is 1. The highest BCUT2D eigenvalue weighted by molar-refractivity contribution is 6.53. The van der Waals surface area contributed by atoms with Crippen LogP contribution < -0.4 is 5.32 Å². The Hall–Kier alpha value is -1.90. The maximum Gasteiger partial charge on any atom is 0.305 e. The fourth-order valence-electron chi connectivity index (χ4n) is 1.94. The van der Waals surface area contributed by atoms with E-state index in [0.29, 0.717) is 12.0 Å². The van der Waals surface area contributed by atoms with Crippen LogP contribution in [0.1, 0.15) is 31.4 Å². The average Bonchev–Trinajstić information content (AvgIpc) is 2.57. The van der Waals surface area contributed by atoms with E-state index in [0.717, 1.165) is 0 Å². The van der Waals surface area contributed by atoms with Crippen molar-refractivity contribution in [3.05, 3.63) is 39.9 Å². The quantitative estimate of drug-likeness (QED) is 0.288. The minimum Gasteiger partial charge on any atom is -0.463 e. The monoisotopic (exact) mass is 392 g/mol. The number of nitrogens with zero attached hydrogens (tertiary/aromatic N) is 1. The molecule has 10 heteroatoms. The minimum absolute atomic E-state index is 0.146. The van der Waals surface area contributed by atoms with E-state index in [2.05, 4.69) is 5.32 Å². The molecular formula is C15H18Cl2N2O6. The molecule has 1 rings (SSSR count). The minimum atomic E-state index is -1.36. The fourth-order valence-corrected chi connectivity index (χ4v) is 2.07. The zero-order chi connectivity index (χ0) is 19.0. The number of nitro benzene ring substituents is 1. The highest BCUT2D eigenvalue weighted by atomic mass is 35.5. The first kappa shape index (κ1) is 21.1. The largest absolute Gasteiger partial charge is 0.463 e. The van der Waals surface area contributed by atoms with Crippen LogP contribution in [0, 0.1) is 10.1 Å². The van der Waals surface area contributed by atoms with Gasteiger partial charge in [0, 0.05) is 18.6 Å². The standard InChI is InChI=1S/C15H18Cl2N2O6/c1-2-3-12(20)25-8-11(18-15(22)14(16)17)13(21)9-4-6-10(7-5-9)19(23)24/h4-7,11,13-14,21H,2-3,8H2,1H3,(H,18,22)/t11-,13-/m1/s1. The van der Waals surface area contributed by atoms with Crippen LogP contribution in [-0.4, -0.2) is 39.4 Å². The highest BCUT2D eigenvalue weighted by Crippen LogP contribution is 2.21. The number of carbonyl (C=O) groups excluding carboxylic acids is 2. The van der Waals surface area contributed by atoms with Crippen LogP contribution in [0.4, 0.5) is 5.69 Å². The Morgan fingerprint density at radius 3 is 2.40 bits per heavy atom. The molecule has 1 aromatic rings. The van der Waals surface area contributed by atoms with Crippen molar-refractivity contribution in [2.75, 3.05) is 6.61 Å². The van der Waals surface area contributed by atoms with Crippen LogP contribution in [0.2, 0.25) is 0 Å². The van der Waals surface area contributed by atoms with Gasteiger partial charge in [-0.05, 0) is 24.1 Å². The van der Waals surface area contributed by atoms with Crippen molar-refractivity contribution in [1.29, 1.82) is 0 Å². The molecule has 1 aromatic carbocycles. The Kier molecular flexibility index (Phi) is 8.60. The Bertz CT molecular complexity index is 609. The summed E-state index contributed by atoms with van der Waals surface area (Å²) in [5.41, 5.74) is 0.149. The van der Waals surface area contributed by atoms with Crippen LogP contribution in [-0.2, 0) is 14.3 Å². The highest BCUT2D eigenvalue weighted by Gasteiger charge is 2.27. The molecule has 1 amide bonds. The summed E-state index contributed by atoms with van der Waals surface area (Å²) in [4.78, 5) is 31.9. The summed E-state index contributed by atoms with van der Waals surface area (Å²) in [5, 5.41) is 23.5. The summed E-state index contributed by atoms with van der Waals surface area (Å²) in [6.45, 7) is 1.50. The van der Waals surface area contributed by atoms with E-state index in [4.69, 9.17) is 27.9 Å². The first-order valence-electron chi connectivity index (χ1n) is 7.42. The fraction of sp³-hybridized carbons (Fsp3) is 0.467. The van der Waals surface area contributed by atoms with Gasteiger partial charge >= 0.3 is 5.97 Å². The lowest BCUT2D eigenvalue weighted by Gasteiger charge is -2.24. The van der Waals surface area contributed by atoms with E-state index in [1.54, 1.807) is 6.92 Å². The number of halogens is 2. The van der Waals surface area contributed by atoms with Crippen molar-refractivity contribution in [3.8, 4) is 0 Å². The van der Waals surface area contributed by atoms with Gasteiger partial charge in [-0.15, -0.1) is 0 Å². The summed E-state index contributed by atoms with van der Waals surface area (Å²) >= 11 is 11.0. The number of esters is 1. The number of aliphatic hydroxyl groups excluding tert-OH is 1. The van der Waals surface area contributed by atoms with Crippen LogP contribution >= 0.6 is 23.2 Å². The van der Waals surface area contributed by atoms with Crippen LogP contribution in [0.5, 0.6) is 0 Å². The second kappa shape index (κ2) is 10.2. The molecule has 0 saturated heterocycles. The van der Waals surface area contributed by atoms with E-state index in [1.165, 1.54) is 24.3 Å². The number of non-ortho nitro benzene ring substituents is 1. The lowest BCUT2D eigenvalue weighted by molar-refractivity contribution is -0.384. The van der Waals surface area contributed by atoms with Crippen molar-refractivity contribution in [3.63, 3.8) is 0 Å². The average molecular weight is 393 g/mol. The number of alkyl halides is 2. The third-order valence-corrected chi connectivity index (χ3v) is 3.63. The molecule has 0 aromatic heterocycles. The molecule has 0 aliphatic carbocycles. The number of ether oxygens (including phenoxy) is 1. The van der Waals surface area contributed by atoms with Crippen molar-refractivity contribution >= 4 is 40.8 Å². The Labute approximate surface area is 154 Å². The number of carbonyl (C=O) groups is 2. The SMILES string of the molecule is CCCC(=O)OC[C@@H](NC(=O)C(Cl)Cl)[C@H](O)c1ccc([N+](=O)[O-])cc1. The smallest absolute Gasteiger partial charge is 0.305 e. The molecule has 138 valence electrons. The predicted molar refractivity (Wildman–Crippen MR) is 91.3 cm³/mol. The molecule has 0 fully saturated rings. The maximum absolute atomic E-state index is 11.7. The van der Waals surface area contributed by atoms with Gasteiger partial charge < -0.3 is 15.2 Å². The molecule has 0 radical (unpaired) electrons. The number of aliphatic hydroxyl groups is 1. The molecule has 0 spiro atoms.